The number of halogens is 2. The van der Waals surface area contributed by atoms with Gasteiger partial charge in [-0.2, -0.15) is 5.10 Å². The van der Waals surface area contributed by atoms with Gasteiger partial charge in [0, 0.05) is 17.3 Å². The lowest BCUT2D eigenvalue weighted by Gasteiger charge is -2.07. The van der Waals surface area contributed by atoms with Crippen molar-refractivity contribution < 1.29 is 13.9 Å². The molecule has 2 heterocycles. The molecule has 0 bridgehead atoms. The molecule has 148 valence electrons. The molecule has 6 nitrogen and oxygen atoms in total. The molecule has 0 saturated heterocycles. The molecule has 1 N–H and O–H groups in total. The van der Waals surface area contributed by atoms with E-state index in [0.29, 0.717) is 29.6 Å². The Labute approximate surface area is 176 Å². The van der Waals surface area contributed by atoms with Crippen LogP contribution in [0.1, 0.15) is 33.3 Å². The Morgan fingerprint density at radius 2 is 2.07 bits per heavy atom. The Bertz CT molecular complexity index is 997. The van der Waals surface area contributed by atoms with Crippen molar-refractivity contribution in [2.24, 2.45) is 0 Å². The standard InChI is InChI=1S/C20H21BrClN3O3/c1-12-10-15(4-6-17(12)22)27-11-16-5-7-18(28-16)20(26)23-8-9-25-14(3)19(21)13(2)24-25/h4-7,10H,8-9,11H2,1-3H3,(H,23,26). The van der Waals surface area contributed by atoms with Gasteiger partial charge in [0.2, 0.25) is 0 Å². The molecule has 28 heavy (non-hydrogen) atoms. The van der Waals surface area contributed by atoms with E-state index >= 15 is 0 Å². The maximum atomic E-state index is 12.3. The average Bonchev–Trinajstić information content (AvgIpc) is 3.24. The zero-order chi connectivity index (χ0) is 20.3. The molecular weight excluding hydrogens is 446 g/mol. The zero-order valence-corrected chi connectivity index (χ0v) is 18.2. The first-order valence-electron chi connectivity index (χ1n) is 8.80. The monoisotopic (exact) mass is 465 g/mol. The molecule has 0 aliphatic rings. The van der Waals surface area contributed by atoms with Crippen molar-refractivity contribution in [3.8, 4) is 5.75 Å². The van der Waals surface area contributed by atoms with Crippen LogP contribution in [0.5, 0.6) is 5.75 Å². The number of carbonyl (C=O) groups is 1. The summed E-state index contributed by atoms with van der Waals surface area (Å²) in [6.07, 6.45) is 0. The van der Waals surface area contributed by atoms with Crippen molar-refractivity contribution >= 4 is 33.4 Å². The van der Waals surface area contributed by atoms with Crippen molar-refractivity contribution in [2.75, 3.05) is 6.54 Å². The third-order valence-corrected chi connectivity index (χ3v) is 5.87. The average molecular weight is 467 g/mol. The maximum absolute atomic E-state index is 12.3. The van der Waals surface area contributed by atoms with Gasteiger partial charge in [0.15, 0.2) is 5.76 Å². The summed E-state index contributed by atoms with van der Waals surface area (Å²) >= 11 is 9.50. The van der Waals surface area contributed by atoms with Crippen LogP contribution in [-0.2, 0) is 13.2 Å². The van der Waals surface area contributed by atoms with Gasteiger partial charge in [-0.15, -0.1) is 0 Å². The molecular formula is C20H21BrClN3O3. The third kappa shape index (κ3) is 4.77. The number of aromatic nitrogens is 2. The molecule has 8 heteroatoms. The first-order valence-corrected chi connectivity index (χ1v) is 9.97. The van der Waals surface area contributed by atoms with E-state index in [9.17, 15) is 4.79 Å². The first kappa shape index (κ1) is 20.5. The van der Waals surface area contributed by atoms with Gasteiger partial charge >= 0.3 is 0 Å². The number of hydrogen-bond acceptors (Lipinski definition) is 4. The highest BCUT2D eigenvalue weighted by Crippen LogP contribution is 2.22. The lowest BCUT2D eigenvalue weighted by Crippen LogP contribution is -2.27. The molecule has 1 aromatic carbocycles. The number of ether oxygens (including phenoxy) is 1. The molecule has 0 aliphatic heterocycles. The van der Waals surface area contributed by atoms with E-state index in [1.54, 1.807) is 24.3 Å². The highest BCUT2D eigenvalue weighted by atomic mass is 79.9. The van der Waals surface area contributed by atoms with E-state index < -0.39 is 0 Å². The fourth-order valence-corrected chi connectivity index (χ4v) is 3.10. The van der Waals surface area contributed by atoms with Crippen molar-refractivity contribution in [1.82, 2.24) is 15.1 Å². The first-order chi connectivity index (χ1) is 13.3. The fourth-order valence-electron chi connectivity index (χ4n) is 2.69. The van der Waals surface area contributed by atoms with Crippen LogP contribution in [0.15, 0.2) is 39.2 Å². The smallest absolute Gasteiger partial charge is 0.287 e. The Kier molecular flexibility index (Phi) is 6.46. The second-order valence-electron chi connectivity index (χ2n) is 6.43. The second-order valence-corrected chi connectivity index (χ2v) is 7.63. The number of rotatable bonds is 7. The van der Waals surface area contributed by atoms with Crippen molar-refractivity contribution in [1.29, 1.82) is 0 Å². The van der Waals surface area contributed by atoms with Gasteiger partial charge in [-0.05, 0) is 72.6 Å². The quantitative estimate of drug-likeness (QED) is 0.542. The number of furan rings is 1. The van der Waals surface area contributed by atoms with Gasteiger partial charge in [-0.3, -0.25) is 9.48 Å². The van der Waals surface area contributed by atoms with E-state index in [-0.39, 0.29) is 18.3 Å². The fraction of sp³-hybridized carbons (Fsp3) is 0.300. The van der Waals surface area contributed by atoms with E-state index in [4.69, 9.17) is 20.8 Å². The minimum absolute atomic E-state index is 0.230. The molecule has 0 unspecified atom stereocenters. The van der Waals surface area contributed by atoms with Gasteiger partial charge in [-0.25, -0.2) is 0 Å². The number of aryl methyl sites for hydroxylation is 2. The molecule has 1 amide bonds. The molecule has 0 saturated carbocycles. The minimum Gasteiger partial charge on any atom is -0.486 e. The maximum Gasteiger partial charge on any atom is 0.287 e. The number of amides is 1. The topological polar surface area (TPSA) is 69.3 Å². The summed E-state index contributed by atoms with van der Waals surface area (Å²) in [4.78, 5) is 12.3. The molecule has 3 rings (SSSR count). The van der Waals surface area contributed by atoms with Crippen molar-refractivity contribution in [2.45, 2.75) is 33.9 Å². The van der Waals surface area contributed by atoms with E-state index in [1.807, 2.05) is 31.5 Å². The summed E-state index contributed by atoms with van der Waals surface area (Å²) in [5, 5.41) is 7.95. The molecule has 0 atom stereocenters. The van der Waals surface area contributed by atoms with Crippen molar-refractivity contribution in [3.05, 3.63) is 68.3 Å². The summed E-state index contributed by atoms with van der Waals surface area (Å²) in [5.41, 5.74) is 2.89. The predicted molar refractivity (Wildman–Crippen MR) is 111 cm³/mol. The Morgan fingerprint density at radius 1 is 1.29 bits per heavy atom. The normalized spacial score (nSPS) is 10.9. The second kappa shape index (κ2) is 8.84. The highest BCUT2D eigenvalue weighted by Gasteiger charge is 2.13. The number of nitrogens with one attached hydrogen (secondary N) is 1. The molecule has 0 spiro atoms. The van der Waals surface area contributed by atoms with E-state index in [2.05, 4.69) is 26.3 Å². The number of benzene rings is 1. The number of hydrogen-bond donors (Lipinski definition) is 1. The van der Waals surface area contributed by atoms with E-state index in [1.165, 1.54) is 0 Å². The minimum atomic E-state index is -0.269. The largest absolute Gasteiger partial charge is 0.486 e. The zero-order valence-electron chi connectivity index (χ0n) is 15.9. The Balaban J connectivity index is 1.50. The Morgan fingerprint density at radius 3 is 2.75 bits per heavy atom. The van der Waals surface area contributed by atoms with Gasteiger partial charge in [0.25, 0.3) is 5.91 Å². The van der Waals surface area contributed by atoms with Crippen LogP contribution in [0.3, 0.4) is 0 Å². The highest BCUT2D eigenvalue weighted by molar-refractivity contribution is 9.10. The van der Waals surface area contributed by atoms with Gasteiger partial charge < -0.3 is 14.5 Å². The summed E-state index contributed by atoms with van der Waals surface area (Å²) < 4.78 is 14.1. The molecule has 0 aliphatic carbocycles. The number of carbonyl (C=O) groups excluding carboxylic acids is 1. The molecule has 2 aromatic heterocycles. The Hall–Kier alpha value is -2.25. The lowest BCUT2D eigenvalue weighted by molar-refractivity contribution is 0.0920. The van der Waals surface area contributed by atoms with Crippen LogP contribution < -0.4 is 10.1 Å². The van der Waals surface area contributed by atoms with Gasteiger partial charge in [-0.1, -0.05) is 11.6 Å². The van der Waals surface area contributed by atoms with Crippen molar-refractivity contribution in [3.63, 3.8) is 0 Å². The van der Waals surface area contributed by atoms with Crippen LogP contribution in [0.4, 0.5) is 0 Å². The van der Waals surface area contributed by atoms with Crippen LogP contribution in [0.25, 0.3) is 0 Å². The van der Waals surface area contributed by atoms with Gasteiger partial charge in [0.05, 0.1) is 16.7 Å². The predicted octanol–water partition coefficient (Wildman–Crippen LogP) is 4.83. The van der Waals surface area contributed by atoms with Crippen LogP contribution >= 0.6 is 27.5 Å². The van der Waals surface area contributed by atoms with Crippen LogP contribution in [0.2, 0.25) is 5.02 Å². The van der Waals surface area contributed by atoms with Crippen LogP contribution in [0, 0.1) is 20.8 Å². The summed E-state index contributed by atoms with van der Waals surface area (Å²) in [6, 6.07) is 8.81. The van der Waals surface area contributed by atoms with Crippen LogP contribution in [-0.4, -0.2) is 22.2 Å². The summed E-state index contributed by atoms with van der Waals surface area (Å²) in [6.45, 7) is 7.08. The van der Waals surface area contributed by atoms with Gasteiger partial charge in [0.1, 0.15) is 18.1 Å². The lowest BCUT2D eigenvalue weighted by atomic mass is 10.2. The molecule has 3 aromatic rings. The summed E-state index contributed by atoms with van der Waals surface area (Å²) in [7, 11) is 0. The van der Waals surface area contributed by atoms with E-state index in [0.717, 1.165) is 21.4 Å². The molecule has 0 radical (unpaired) electrons. The summed E-state index contributed by atoms with van der Waals surface area (Å²) in [5.74, 6) is 1.25. The number of nitrogens with zero attached hydrogens (tertiary/aromatic N) is 2. The molecule has 0 fully saturated rings. The third-order valence-electron chi connectivity index (χ3n) is 4.30. The SMILES string of the molecule is Cc1cc(OCc2ccc(C(=O)NCCn3nc(C)c(Br)c3C)o2)ccc1Cl.